The molecule has 1 amide bonds. The van der Waals surface area contributed by atoms with Crippen LogP contribution in [-0.2, 0) is 19.3 Å². The van der Waals surface area contributed by atoms with Crippen LogP contribution in [0.5, 0.6) is 0 Å². The van der Waals surface area contributed by atoms with E-state index >= 15 is 0 Å². The Morgan fingerprint density at radius 1 is 1.00 bits per heavy atom. The van der Waals surface area contributed by atoms with Gasteiger partial charge in [-0.05, 0) is 91.3 Å². The van der Waals surface area contributed by atoms with Gasteiger partial charge in [0.05, 0.1) is 39.3 Å². The van der Waals surface area contributed by atoms with E-state index < -0.39 is 5.76 Å². The quantitative estimate of drug-likeness (QED) is 0.184. The Labute approximate surface area is 278 Å². The number of thiophene rings is 1. The second kappa shape index (κ2) is 11.5. The van der Waals surface area contributed by atoms with E-state index in [1.54, 1.807) is 23.5 Å². The SMILES string of the molecule is O=C1c2c(nc(CCc3ccc(F)cc3)c(-c3noc(=O)[nH]3)c2-c2cc3ccnc(N[C@H]4CCCc5ccccc54)c3s2)[C@@H]2CCCN12. The molecule has 1 aliphatic carbocycles. The molecule has 2 aromatic carbocycles. The molecule has 6 aromatic rings. The minimum Gasteiger partial charge on any atom is -0.362 e. The molecular weight excluding hydrogens is 628 g/mol. The van der Waals surface area contributed by atoms with Gasteiger partial charge in [0.25, 0.3) is 5.91 Å². The van der Waals surface area contributed by atoms with Gasteiger partial charge in [0.2, 0.25) is 0 Å². The van der Waals surface area contributed by atoms with Crippen LogP contribution in [0, 0.1) is 5.82 Å². The number of benzene rings is 2. The van der Waals surface area contributed by atoms with Crippen molar-refractivity contribution in [3.8, 4) is 21.8 Å². The van der Waals surface area contributed by atoms with Crippen molar-refractivity contribution >= 4 is 33.1 Å². The summed E-state index contributed by atoms with van der Waals surface area (Å²) in [5.41, 5.74) is 6.92. The van der Waals surface area contributed by atoms with E-state index in [1.807, 2.05) is 17.2 Å². The molecule has 0 saturated carbocycles. The molecule has 0 bridgehead atoms. The molecule has 2 atom stereocenters. The lowest BCUT2D eigenvalue weighted by Gasteiger charge is -2.27. The summed E-state index contributed by atoms with van der Waals surface area (Å²) in [6, 6.07) is 19.2. The number of H-pyrrole nitrogens is 1. The van der Waals surface area contributed by atoms with Crippen molar-refractivity contribution in [2.75, 3.05) is 11.9 Å². The largest absolute Gasteiger partial charge is 0.439 e. The van der Waals surface area contributed by atoms with Crippen molar-refractivity contribution in [3.05, 3.63) is 117 Å². The molecule has 2 aliphatic heterocycles. The van der Waals surface area contributed by atoms with Gasteiger partial charge >= 0.3 is 5.76 Å². The number of amides is 1. The molecular formula is C37H31FN6O3S. The van der Waals surface area contributed by atoms with Gasteiger partial charge in [-0.15, -0.1) is 11.3 Å². The van der Waals surface area contributed by atoms with Gasteiger partial charge in [0.15, 0.2) is 5.82 Å². The molecule has 6 heterocycles. The van der Waals surface area contributed by atoms with Crippen LogP contribution in [-0.4, -0.2) is 37.5 Å². The van der Waals surface area contributed by atoms with Crippen LogP contribution in [0.1, 0.15) is 76.2 Å². The Balaban J connectivity index is 1.22. The number of fused-ring (bicyclic) bond motifs is 5. The summed E-state index contributed by atoms with van der Waals surface area (Å²) in [4.78, 5) is 42.0. The summed E-state index contributed by atoms with van der Waals surface area (Å²) in [6.07, 6.45) is 7.83. The second-order valence-electron chi connectivity index (χ2n) is 12.8. The maximum absolute atomic E-state index is 14.2. The Morgan fingerprint density at radius 2 is 1.88 bits per heavy atom. The Kier molecular flexibility index (Phi) is 6.96. The molecule has 1 saturated heterocycles. The molecule has 0 radical (unpaired) electrons. The Hall–Kier alpha value is -5.16. The monoisotopic (exact) mass is 658 g/mol. The van der Waals surface area contributed by atoms with Gasteiger partial charge in [-0.25, -0.2) is 14.2 Å². The first-order chi connectivity index (χ1) is 23.5. The smallest absolute Gasteiger partial charge is 0.362 e. The number of nitrogens with one attached hydrogen (secondary N) is 2. The zero-order chi connectivity index (χ0) is 32.4. The standard InChI is InChI=1S/C37H31FN6O3S/c38-23-13-10-20(11-14-23)12-15-26-29(34-42-37(46)47-43-34)30(31-32(40-26)27-9-4-18-44(27)36(31)45)28-19-22-16-17-39-35(33(22)48-28)41-25-8-3-6-21-5-1-2-7-24(21)25/h1-2,5,7,10-11,13-14,16-17,19,25,27H,3-4,6,8-9,12,15,18H2,(H,39,41)(H,42,43,46)/t25-,27-/m0/s1. The number of halogens is 1. The van der Waals surface area contributed by atoms with Crippen molar-refractivity contribution < 1.29 is 13.7 Å². The van der Waals surface area contributed by atoms with Crippen molar-refractivity contribution in [2.24, 2.45) is 0 Å². The highest BCUT2D eigenvalue weighted by atomic mass is 32.1. The van der Waals surface area contributed by atoms with E-state index in [1.165, 1.54) is 23.3 Å². The van der Waals surface area contributed by atoms with Gasteiger partial charge < -0.3 is 10.2 Å². The maximum atomic E-state index is 14.2. The van der Waals surface area contributed by atoms with E-state index in [2.05, 4.69) is 45.8 Å². The van der Waals surface area contributed by atoms with Crippen LogP contribution < -0.4 is 11.1 Å². The normalized spacial score (nSPS) is 18.3. The number of carbonyl (C=O) groups is 1. The topological polar surface area (TPSA) is 117 Å². The molecule has 11 heteroatoms. The fourth-order valence-corrected chi connectivity index (χ4v) is 8.91. The van der Waals surface area contributed by atoms with Gasteiger partial charge in [-0.2, -0.15) is 0 Å². The lowest BCUT2D eigenvalue weighted by Crippen LogP contribution is -2.22. The van der Waals surface area contributed by atoms with Crippen LogP contribution in [0.25, 0.3) is 31.9 Å². The number of hydrogen-bond acceptors (Lipinski definition) is 8. The van der Waals surface area contributed by atoms with Gasteiger partial charge in [-0.1, -0.05) is 41.6 Å². The van der Waals surface area contributed by atoms with Crippen molar-refractivity contribution in [1.82, 2.24) is 25.0 Å². The number of carbonyl (C=O) groups excluding carboxylic acids is 1. The molecule has 0 unspecified atom stereocenters. The average Bonchev–Trinajstić information content (AvgIpc) is 3.90. The summed E-state index contributed by atoms with van der Waals surface area (Å²) in [5.74, 6) is -0.00572. The molecule has 240 valence electrons. The fourth-order valence-electron chi connectivity index (χ4n) is 7.74. The Bertz CT molecular complexity index is 2280. The third kappa shape index (κ3) is 4.83. The molecule has 0 spiro atoms. The lowest BCUT2D eigenvalue weighted by molar-refractivity contribution is 0.0776. The third-order valence-corrected chi connectivity index (χ3v) is 11.1. The van der Waals surface area contributed by atoms with Crippen molar-refractivity contribution in [2.45, 2.75) is 57.0 Å². The van der Waals surface area contributed by atoms with Crippen LogP contribution in [0.2, 0.25) is 0 Å². The molecule has 2 N–H and O–H groups in total. The van der Waals surface area contributed by atoms with Crippen LogP contribution in [0.4, 0.5) is 10.2 Å². The average molecular weight is 659 g/mol. The molecule has 9 rings (SSSR count). The highest BCUT2D eigenvalue weighted by Gasteiger charge is 2.44. The van der Waals surface area contributed by atoms with E-state index in [-0.39, 0.29) is 29.6 Å². The molecule has 48 heavy (non-hydrogen) atoms. The van der Waals surface area contributed by atoms with Crippen molar-refractivity contribution in [1.29, 1.82) is 0 Å². The van der Waals surface area contributed by atoms with Crippen LogP contribution in [0.3, 0.4) is 0 Å². The number of nitrogens with zero attached hydrogens (tertiary/aromatic N) is 4. The van der Waals surface area contributed by atoms with Crippen molar-refractivity contribution in [3.63, 3.8) is 0 Å². The summed E-state index contributed by atoms with van der Waals surface area (Å²) < 4.78 is 19.7. The number of aromatic nitrogens is 4. The number of pyridine rings is 2. The van der Waals surface area contributed by atoms with Gasteiger partial charge in [0.1, 0.15) is 11.6 Å². The minimum absolute atomic E-state index is 0.0556. The second-order valence-corrected chi connectivity index (χ2v) is 13.8. The molecule has 1 fully saturated rings. The van der Waals surface area contributed by atoms with Crippen LogP contribution >= 0.6 is 11.3 Å². The van der Waals surface area contributed by atoms with Crippen LogP contribution in [0.15, 0.2) is 76.2 Å². The zero-order valence-corrected chi connectivity index (χ0v) is 26.8. The van der Waals surface area contributed by atoms with Gasteiger partial charge in [-0.3, -0.25) is 19.3 Å². The van der Waals surface area contributed by atoms with E-state index in [0.717, 1.165) is 64.1 Å². The number of rotatable bonds is 7. The van der Waals surface area contributed by atoms with Gasteiger partial charge in [0, 0.05) is 23.2 Å². The minimum atomic E-state index is -0.687. The number of hydrogen-bond donors (Lipinski definition) is 2. The summed E-state index contributed by atoms with van der Waals surface area (Å²) >= 11 is 1.57. The summed E-state index contributed by atoms with van der Waals surface area (Å²) in [7, 11) is 0. The lowest BCUT2D eigenvalue weighted by atomic mass is 9.88. The highest BCUT2D eigenvalue weighted by molar-refractivity contribution is 7.23. The predicted octanol–water partition coefficient (Wildman–Crippen LogP) is 7.41. The predicted molar refractivity (Wildman–Crippen MR) is 182 cm³/mol. The van der Waals surface area contributed by atoms with E-state index in [4.69, 9.17) is 14.5 Å². The van der Waals surface area contributed by atoms with E-state index in [9.17, 15) is 14.0 Å². The molecule has 9 nitrogen and oxygen atoms in total. The first-order valence-corrected chi connectivity index (χ1v) is 17.3. The summed E-state index contributed by atoms with van der Waals surface area (Å²) in [5, 5.41) is 8.87. The highest BCUT2D eigenvalue weighted by Crippen LogP contribution is 2.50. The van der Waals surface area contributed by atoms with E-state index in [0.29, 0.717) is 41.8 Å². The fraction of sp³-hybridized carbons (Fsp3) is 0.270. The first kappa shape index (κ1) is 29.0. The molecule has 3 aliphatic rings. The number of aromatic amines is 1. The zero-order valence-electron chi connectivity index (χ0n) is 26.0. The summed E-state index contributed by atoms with van der Waals surface area (Å²) in [6.45, 7) is 0.674. The third-order valence-electron chi connectivity index (χ3n) is 9.94. The molecule has 4 aromatic heterocycles. The Morgan fingerprint density at radius 3 is 2.73 bits per heavy atom. The first-order valence-electron chi connectivity index (χ1n) is 16.4. The maximum Gasteiger partial charge on any atom is 0.439 e. The number of aryl methyl sites for hydroxylation is 3. The number of anilines is 1.